The van der Waals surface area contributed by atoms with Crippen molar-refractivity contribution in [2.75, 3.05) is 6.54 Å². The van der Waals surface area contributed by atoms with Crippen LogP contribution in [0.25, 0.3) is 0 Å². The monoisotopic (exact) mass is 341 g/mol. The zero-order valence-electron chi connectivity index (χ0n) is 12.5. The molecule has 0 aliphatic heterocycles. The van der Waals surface area contributed by atoms with Gasteiger partial charge in [0.25, 0.3) is 5.91 Å². The lowest BCUT2D eigenvalue weighted by atomic mass is 9.96. The lowest BCUT2D eigenvalue weighted by molar-refractivity contribution is 0.0514. The quantitative estimate of drug-likeness (QED) is 0.887. The Balaban J connectivity index is 2.15. The molecule has 1 aromatic carbocycles. The zero-order chi connectivity index (χ0) is 16.5. The van der Waals surface area contributed by atoms with Gasteiger partial charge in [0.1, 0.15) is 17.1 Å². The van der Waals surface area contributed by atoms with Crippen LogP contribution < -0.4 is 5.32 Å². The first-order chi connectivity index (χ1) is 10.2. The van der Waals surface area contributed by atoms with Crippen molar-refractivity contribution in [2.24, 2.45) is 0 Å². The van der Waals surface area contributed by atoms with Gasteiger partial charge in [-0.1, -0.05) is 29.3 Å². The summed E-state index contributed by atoms with van der Waals surface area (Å²) in [5.74, 6) is 0.884. The first kappa shape index (κ1) is 16.9. The molecule has 1 aromatic heterocycles. The highest BCUT2D eigenvalue weighted by Crippen LogP contribution is 2.27. The lowest BCUT2D eigenvalue weighted by Crippen LogP contribution is -2.39. The van der Waals surface area contributed by atoms with Gasteiger partial charge in [-0.2, -0.15) is 0 Å². The van der Waals surface area contributed by atoms with Gasteiger partial charge < -0.3 is 14.8 Å². The second-order valence-corrected chi connectivity index (χ2v) is 6.19. The van der Waals surface area contributed by atoms with E-state index in [2.05, 4.69) is 5.32 Å². The SMILES string of the molecule is Cc1cc([C@](C)(O)CNC(=O)c2c(Cl)cccc2Cl)c(C)o1. The number of nitrogens with one attached hydrogen (secondary N) is 1. The molecule has 4 nitrogen and oxygen atoms in total. The largest absolute Gasteiger partial charge is 0.466 e. The van der Waals surface area contributed by atoms with Gasteiger partial charge in [0.15, 0.2) is 0 Å². The molecular weight excluding hydrogens is 325 g/mol. The van der Waals surface area contributed by atoms with Crippen LogP contribution in [-0.2, 0) is 5.60 Å². The summed E-state index contributed by atoms with van der Waals surface area (Å²) in [6.07, 6.45) is 0. The van der Waals surface area contributed by atoms with Crippen LogP contribution >= 0.6 is 23.2 Å². The summed E-state index contributed by atoms with van der Waals surface area (Å²) in [7, 11) is 0. The number of furan rings is 1. The number of hydrogen-bond acceptors (Lipinski definition) is 3. The van der Waals surface area contributed by atoms with Gasteiger partial charge in [-0.25, -0.2) is 0 Å². The van der Waals surface area contributed by atoms with Gasteiger partial charge in [-0.05, 0) is 39.0 Å². The summed E-state index contributed by atoms with van der Waals surface area (Å²) in [6.45, 7) is 5.18. The van der Waals surface area contributed by atoms with Gasteiger partial charge in [0, 0.05) is 5.56 Å². The first-order valence-electron chi connectivity index (χ1n) is 6.74. The van der Waals surface area contributed by atoms with Crippen molar-refractivity contribution in [1.29, 1.82) is 0 Å². The molecule has 0 spiro atoms. The van der Waals surface area contributed by atoms with Crippen LogP contribution in [0.4, 0.5) is 0 Å². The molecule has 0 saturated heterocycles. The van der Waals surface area contributed by atoms with Crippen molar-refractivity contribution in [3.63, 3.8) is 0 Å². The first-order valence-corrected chi connectivity index (χ1v) is 7.50. The molecule has 0 aliphatic carbocycles. The summed E-state index contributed by atoms with van der Waals surface area (Å²) in [4.78, 5) is 12.2. The second kappa shape index (κ2) is 6.32. The zero-order valence-corrected chi connectivity index (χ0v) is 14.0. The van der Waals surface area contributed by atoms with E-state index in [0.29, 0.717) is 17.1 Å². The number of carbonyl (C=O) groups is 1. The number of aliphatic hydroxyl groups is 1. The summed E-state index contributed by atoms with van der Waals surface area (Å²) < 4.78 is 5.42. The third-order valence-electron chi connectivity index (χ3n) is 3.40. The normalized spacial score (nSPS) is 13.7. The summed E-state index contributed by atoms with van der Waals surface area (Å²) in [5, 5.41) is 13.8. The molecule has 0 bridgehead atoms. The highest BCUT2D eigenvalue weighted by atomic mass is 35.5. The Kier molecular flexibility index (Phi) is 4.85. The van der Waals surface area contributed by atoms with E-state index in [1.807, 2.05) is 0 Å². The number of hydrogen-bond donors (Lipinski definition) is 2. The number of amides is 1. The van der Waals surface area contributed by atoms with E-state index in [4.69, 9.17) is 27.6 Å². The van der Waals surface area contributed by atoms with Crippen LogP contribution in [0.15, 0.2) is 28.7 Å². The predicted molar refractivity (Wildman–Crippen MR) is 86.5 cm³/mol. The number of rotatable bonds is 4. The average Bonchev–Trinajstić information content (AvgIpc) is 2.76. The van der Waals surface area contributed by atoms with Crippen LogP contribution in [0, 0.1) is 13.8 Å². The van der Waals surface area contributed by atoms with Crippen LogP contribution in [0.3, 0.4) is 0 Å². The summed E-state index contributed by atoms with van der Waals surface area (Å²) >= 11 is 12.0. The number of benzene rings is 1. The van der Waals surface area contributed by atoms with Crippen molar-refractivity contribution in [3.8, 4) is 0 Å². The van der Waals surface area contributed by atoms with Crippen molar-refractivity contribution < 1.29 is 14.3 Å². The molecule has 1 atom stereocenters. The Morgan fingerprint density at radius 1 is 1.32 bits per heavy atom. The van der Waals surface area contributed by atoms with Crippen molar-refractivity contribution in [2.45, 2.75) is 26.4 Å². The van der Waals surface area contributed by atoms with Gasteiger partial charge in [-0.3, -0.25) is 4.79 Å². The maximum atomic E-state index is 12.2. The van der Waals surface area contributed by atoms with E-state index >= 15 is 0 Å². The van der Waals surface area contributed by atoms with E-state index in [1.165, 1.54) is 0 Å². The average molecular weight is 342 g/mol. The van der Waals surface area contributed by atoms with E-state index in [9.17, 15) is 9.90 Å². The number of aryl methyl sites for hydroxylation is 2. The molecule has 2 aromatic rings. The minimum absolute atomic E-state index is 0.00714. The van der Waals surface area contributed by atoms with Gasteiger partial charge in [0.2, 0.25) is 0 Å². The van der Waals surface area contributed by atoms with Crippen LogP contribution in [0.5, 0.6) is 0 Å². The minimum atomic E-state index is -1.26. The Hall–Kier alpha value is -1.49. The smallest absolute Gasteiger partial charge is 0.254 e. The Morgan fingerprint density at radius 3 is 2.41 bits per heavy atom. The minimum Gasteiger partial charge on any atom is -0.466 e. The lowest BCUT2D eigenvalue weighted by Gasteiger charge is -2.23. The molecule has 0 unspecified atom stereocenters. The van der Waals surface area contributed by atoms with Crippen molar-refractivity contribution in [3.05, 3.63) is 57.0 Å². The molecule has 2 N–H and O–H groups in total. The Bertz CT molecular complexity index is 687. The highest BCUT2D eigenvalue weighted by molar-refractivity contribution is 6.39. The summed E-state index contributed by atoms with van der Waals surface area (Å²) in [6, 6.07) is 6.59. The van der Waals surface area contributed by atoms with Crippen molar-refractivity contribution >= 4 is 29.1 Å². The predicted octanol–water partition coefficient (Wildman–Crippen LogP) is 3.84. The molecule has 0 fully saturated rings. The van der Waals surface area contributed by atoms with Crippen LogP contribution in [0.2, 0.25) is 10.0 Å². The molecule has 0 aliphatic rings. The maximum absolute atomic E-state index is 12.2. The summed E-state index contributed by atoms with van der Waals surface area (Å²) in [5.41, 5.74) is -0.428. The Labute approximate surface area is 139 Å². The highest BCUT2D eigenvalue weighted by Gasteiger charge is 2.29. The second-order valence-electron chi connectivity index (χ2n) is 5.38. The third kappa shape index (κ3) is 3.46. The van der Waals surface area contributed by atoms with Crippen molar-refractivity contribution in [1.82, 2.24) is 5.32 Å². The molecule has 6 heteroatoms. The van der Waals surface area contributed by atoms with Crippen LogP contribution in [-0.4, -0.2) is 17.6 Å². The molecular formula is C16H17Cl2NO3. The van der Waals surface area contributed by atoms with Gasteiger partial charge in [0.05, 0.1) is 22.2 Å². The van der Waals surface area contributed by atoms with E-state index in [1.54, 1.807) is 45.0 Å². The molecule has 0 radical (unpaired) electrons. The maximum Gasteiger partial charge on any atom is 0.254 e. The van der Waals surface area contributed by atoms with Crippen LogP contribution in [0.1, 0.15) is 34.4 Å². The fourth-order valence-corrected chi connectivity index (χ4v) is 2.89. The molecule has 22 heavy (non-hydrogen) atoms. The molecule has 1 heterocycles. The number of halogens is 2. The molecule has 0 saturated carbocycles. The fourth-order valence-electron chi connectivity index (χ4n) is 2.32. The van der Waals surface area contributed by atoms with Gasteiger partial charge in [-0.15, -0.1) is 0 Å². The van der Waals surface area contributed by atoms with E-state index < -0.39 is 11.5 Å². The fraction of sp³-hybridized carbons (Fsp3) is 0.312. The number of carbonyl (C=O) groups excluding carboxylic acids is 1. The molecule has 118 valence electrons. The third-order valence-corrected chi connectivity index (χ3v) is 4.03. The molecule has 2 rings (SSSR count). The Morgan fingerprint density at radius 2 is 1.91 bits per heavy atom. The molecule has 1 amide bonds. The van der Waals surface area contributed by atoms with E-state index in [0.717, 1.165) is 0 Å². The topological polar surface area (TPSA) is 62.5 Å². The van der Waals surface area contributed by atoms with Gasteiger partial charge >= 0.3 is 0 Å². The van der Waals surface area contributed by atoms with E-state index in [-0.39, 0.29) is 22.2 Å². The standard InChI is InChI=1S/C16H17Cl2NO3/c1-9-7-11(10(2)22-9)16(3,21)8-19-15(20)14-12(17)5-4-6-13(14)18/h4-7,21H,8H2,1-3H3,(H,19,20)/t16-/m1/s1.